The molecule has 1 heterocycles. The molecule has 0 aliphatic rings. The molecule has 2 N–H and O–H groups in total. The van der Waals surface area contributed by atoms with Crippen LogP contribution in [0.2, 0.25) is 0 Å². The third kappa shape index (κ3) is 5.45. The summed E-state index contributed by atoms with van der Waals surface area (Å²) < 4.78 is 1.61. The molecular formula is C21H22N4O3S. The van der Waals surface area contributed by atoms with E-state index in [-0.39, 0.29) is 11.3 Å². The Morgan fingerprint density at radius 2 is 1.79 bits per heavy atom. The number of hydrogen-bond donors (Lipinski definition) is 2. The lowest BCUT2D eigenvalue weighted by Crippen LogP contribution is -2.38. The van der Waals surface area contributed by atoms with Gasteiger partial charge in [-0.1, -0.05) is 54.2 Å². The molecule has 1 aromatic heterocycles. The molecular weight excluding hydrogens is 388 g/mol. The van der Waals surface area contributed by atoms with Crippen molar-refractivity contribution < 1.29 is 9.59 Å². The Labute approximate surface area is 172 Å². The van der Waals surface area contributed by atoms with Crippen molar-refractivity contribution in [3.8, 4) is 0 Å². The van der Waals surface area contributed by atoms with Crippen molar-refractivity contribution in [1.29, 1.82) is 0 Å². The molecule has 0 saturated heterocycles. The Morgan fingerprint density at radius 3 is 2.55 bits per heavy atom. The van der Waals surface area contributed by atoms with E-state index in [1.165, 1.54) is 12.6 Å². The van der Waals surface area contributed by atoms with Crippen LogP contribution in [0.25, 0.3) is 10.9 Å². The molecule has 3 aromatic rings. The lowest BCUT2D eigenvalue weighted by atomic mass is 10.1. The van der Waals surface area contributed by atoms with E-state index in [1.807, 2.05) is 30.3 Å². The zero-order valence-electron chi connectivity index (χ0n) is 16.1. The Hall–Kier alpha value is -3.13. The van der Waals surface area contributed by atoms with Gasteiger partial charge in [-0.05, 0) is 30.5 Å². The molecule has 0 fully saturated rings. The zero-order valence-corrected chi connectivity index (χ0v) is 16.9. The van der Waals surface area contributed by atoms with E-state index in [0.717, 1.165) is 24.6 Å². The van der Waals surface area contributed by atoms with Gasteiger partial charge in [0.25, 0.3) is 5.56 Å². The topological polar surface area (TPSA) is 93.1 Å². The number of aryl methyl sites for hydroxylation is 1. The van der Waals surface area contributed by atoms with Gasteiger partial charge in [0.05, 0.1) is 16.7 Å². The van der Waals surface area contributed by atoms with Crippen LogP contribution >= 0.6 is 11.8 Å². The van der Waals surface area contributed by atoms with E-state index < -0.39 is 11.9 Å². The van der Waals surface area contributed by atoms with Gasteiger partial charge in [-0.3, -0.25) is 19.5 Å². The van der Waals surface area contributed by atoms with Crippen LogP contribution in [0.5, 0.6) is 0 Å². The number of benzene rings is 2. The summed E-state index contributed by atoms with van der Waals surface area (Å²) in [5.74, 6) is -0.468. The maximum Gasteiger partial charge on any atom is 0.321 e. The third-order valence-electron chi connectivity index (χ3n) is 4.33. The highest BCUT2D eigenvalue weighted by Gasteiger charge is 2.14. The first-order valence-corrected chi connectivity index (χ1v) is 10.2. The predicted octanol–water partition coefficient (Wildman–Crippen LogP) is 2.58. The van der Waals surface area contributed by atoms with Crippen LogP contribution in [-0.4, -0.2) is 34.3 Å². The summed E-state index contributed by atoms with van der Waals surface area (Å²) in [6.45, 7) is 0.491. The largest absolute Gasteiger partial charge is 0.341 e. The molecule has 0 bridgehead atoms. The van der Waals surface area contributed by atoms with Crippen LogP contribution < -0.4 is 16.2 Å². The lowest BCUT2D eigenvalue weighted by molar-refractivity contribution is -0.117. The number of rotatable bonds is 7. The number of carbonyl (C=O) groups excluding carboxylic acids is 2. The number of para-hydroxylation sites is 1. The van der Waals surface area contributed by atoms with Crippen molar-refractivity contribution in [2.24, 2.45) is 0 Å². The molecule has 0 saturated carbocycles. The fourth-order valence-corrected chi connectivity index (χ4v) is 3.72. The van der Waals surface area contributed by atoms with Crippen molar-refractivity contribution in [3.05, 3.63) is 70.5 Å². The summed E-state index contributed by atoms with van der Waals surface area (Å²) in [7, 11) is 1.44. The lowest BCUT2D eigenvalue weighted by Gasteiger charge is -2.13. The second kappa shape index (κ2) is 9.88. The minimum Gasteiger partial charge on any atom is -0.341 e. The van der Waals surface area contributed by atoms with E-state index >= 15 is 0 Å². The molecule has 0 aliphatic heterocycles. The van der Waals surface area contributed by atoms with Crippen LogP contribution in [0, 0.1) is 0 Å². The summed E-state index contributed by atoms with van der Waals surface area (Å²) in [4.78, 5) is 40.8. The molecule has 8 heteroatoms. The van der Waals surface area contributed by atoms with Gasteiger partial charge < -0.3 is 5.32 Å². The molecule has 3 rings (SSSR count). The second-order valence-electron chi connectivity index (χ2n) is 6.37. The molecule has 0 aliphatic carbocycles. The summed E-state index contributed by atoms with van der Waals surface area (Å²) in [6, 6.07) is 16.7. The first-order valence-electron chi connectivity index (χ1n) is 9.26. The molecule has 29 heavy (non-hydrogen) atoms. The van der Waals surface area contributed by atoms with Gasteiger partial charge in [0, 0.05) is 13.6 Å². The Balaban J connectivity index is 1.80. The number of hydrogen-bond acceptors (Lipinski definition) is 5. The van der Waals surface area contributed by atoms with Crippen LogP contribution in [-0.2, 0) is 17.8 Å². The number of thioether (sulfide) groups is 1. The fraction of sp³-hybridized carbons (Fsp3) is 0.238. The van der Waals surface area contributed by atoms with Crippen LogP contribution in [0.3, 0.4) is 0 Å². The summed E-state index contributed by atoms with van der Waals surface area (Å²) in [5, 5.41) is 5.56. The Morgan fingerprint density at radius 1 is 1.07 bits per heavy atom. The van der Waals surface area contributed by atoms with Crippen LogP contribution in [0.4, 0.5) is 4.79 Å². The number of nitrogens with one attached hydrogen (secondary N) is 2. The van der Waals surface area contributed by atoms with Crippen molar-refractivity contribution in [3.63, 3.8) is 0 Å². The maximum absolute atomic E-state index is 13.0. The number of imide groups is 1. The standard InChI is InChI=1S/C21H22N4O3S/c1-22-20(28)24-18(26)14-29-21-23-17-12-6-5-11-16(17)19(27)25(21)13-7-10-15-8-3-2-4-9-15/h2-6,8-9,11-12H,7,10,13-14H2,1H3,(H2,22,24,26,28). The molecule has 2 aromatic carbocycles. The Kier molecular flexibility index (Phi) is 7.02. The van der Waals surface area contributed by atoms with E-state index in [1.54, 1.807) is 16.7 Å². The normalized spacial score (nSPS) is 10.7. The average molecular weight is 410 g/mol. The number of aromatic nitrogens is 2. The number of urea groups is 1. The highest BCUT2D eigenvalue weighted by Crippen LogP contribution is 2.18. The van der Waals surface area contributed by atoms with Gasteiger partial charge in [-0.15, -0.1) is 0 Å². The fourth-order valence-electron chi connectivity index (χ4n) is 2.90. The van der Waals surface area contributed by atoms with Gasteiger partial charge in [0.1, 0.15) is 0 Å². The first-order chi connectivity index (χ1) is 14.1. The first kappa shape index (κ1) is 20.6. The monoisotopic (exact) mass is 410 g/mol. The molecule has 3 amide bonds. The summed E-state index contributed by atoms with van der Waals surface area (Å²) >= 11 is 1.14. The maximum atomic E-state index is 13.0. The van der Waals surface area contributed by atoms with Crippen molar-refractivity contribution in [2.75, 3.05) is 12.8 Å². The molecule has 0 atom stereocenters. The van der Waals surface area contributed by atoms with Crippen molar-refractivity contribution in [2.45, 2.75) is 24.5 Å². The summed E-state index contributed by atoms with van der Waals surface area (Å²) in [5.41, 5.74) is 1.66. The highest BCUT2D eigenvalue weighted by molar-refractivity contribution is 7.99. The van der Waals surface area contributed by atoms with Gasteiger partial charge in [0.2, 0.25) is 5.91 Å². The number of amides is 3. The van der Waals surface area contributed by atoms with Gasteiger partial charge in [-0.2, -0.15) is 0 Å². The van der Waals surface area contributed by atoms with Crippen molar-refractivity contribution in [1.82, 2.24) is 20.2 Å². The van der Waals surface area contributed by atoms with Crippen molar-refractivity contribution >= 4 is 34.6 Å². The second-order valence-corrected chi connectivity index (χ2v) is 7.32. The number of fused-ring (bicyclic) bond motifs is 1. The minimum atomic E-state index is -0.567. The van der Waals surface area contributed by atoms with Gasteiger partial charge in [-0.25, -0.2) is 9.78 Å². The van der Waals surface area contributed by atoms with Gasteiger partial charge in [0.15, 0.2) is 5.16 Å². The zero-order chi connectivity index (χ0) is 20.6. The van der Waals surface area contributed by atoms with E-state index in [4.69, 9.17) is 0 Å². The smallest absolute Gasteiger partial charge is 0.321 e. The third-order valence-corrected chi connectivity index (χ3v) is 5.31. The Bertz CT molecular complexity index is 1070. The SMILES string of the molecule is CNC(=O)NC(=O)CSc1nc2ccccc2c(=O)n1CCCc1ccccc1. The summed E-state index contributed by atoms with van der Waals surface area (Å²) in [6.07, 6.45) is 1.60. The number of carbonyl (C=O) groups is 2. The molecule has 0 spiro atoms. The van der Waals surface area contributed by atoms with Crippen LogP contribution in [0.1, 0.15) is 12.0 Å². The molecule has 150 valence electrons. The molecule has 7 nitrogen and oxygen atoms in total. The average Bonchev–Trinajstić information content (AvgIpc) is 2.74. The van der Waals surface area contributed by atoms with E-state index in [2.05, 4.69) is 27.8 Å². The van der Waals surface area contributed by atoms with E-state index in [0.29, 0.717) is 22.6 Å². The number of nitrogens with zero attached hydrogens (tertiary/aromatic N) is 2. The minimum absolute atomic E-state index is 0.0170. The quantitative estimate of drug-likeness (QED) is 0.461. The van der Waals surface area contributed by atoms with E-state index in [9.17, 15) is 14.4 Å². The molecule has 0 unspecified atom stereocenters. The molecule has 0 radical (unpaired) electrons. The van der Waals surface area contributed by atoms with Crippen LogP contribution in [0.15, 0.2) is 64.5 Å². The predicted molar refractivity (Wildman–Crippen MR) is 114 cm³/mol. The van der Waals surface area contributed by atoms with Gasteiger partial charge >= 0.3 is 6.03 Å². The highest BCUT2D eigenvalue weighted by atomic mass is 32.2.